The number of hydrogen-bond acceptors (Lipinski definition) is 4. The number of aliphatic hydroxyl groups is 1. The predicted molar refractivity (Wildman–Crippen MR) is 79.9 cm³/mol. The summed E-state index contributed by atoms with van der Waals surface area (Å²) in [6.07, 6.45) is 1.51. The zero-order valence-corrected chi connectivity index (χ0v) is 12.3. The Labute approximate surface area is 128 Å². The highest BCUT2D eigenvalue weighted by Gasteiger charge is 2.34. The summed E-state index contributed by atoms with van der Waals surface area (Å²) in [6, 6.07) is 9.72. The zero-order chi connectivity index (χ0) is 15.5. The van der Waals surface area contributed by atoms with Gasteiger partial charge in [0.2, 0.25) is 0 Å². The van der Waals surface area contributed by atoms with Crippen LogP contribution in [0.25, 0.3) is 0 Å². The van der Waals surface area contributed by atoms with Gasteiger partial charge in [-0.05, 0) is 12.5 Å². The Morgan fingerprint density at radius 1 is 1.45 bits per heavy atom. The number of carbonyl (C=O) groups excluding carboxylic acids is 1. The lowest BCUT2D eigenvalue weighted by Gasteiger charge is -2.39. The first-order valence-corrected chi connectivity index (χ1v) is 7.30. The van der Waals surface area contributed by atoms with Gasteiger partial charge in [0.25, 0.3) is 5.91 Å². The fraction of sp³-hybridized carbons (Fsp3) is 0.375. The maximum absolute atomic E-state index is 12.6. The standard InChI is InChI=1S/C16H19N3O3/c1-11-9-22-14(12-5-3-2-4-6-12)8-19(11)16(21)15(20)13-7-17-10-18-13/h2-7,10-11,14-15,20H,8-9H2,1H3,(H,17,18). The second kappa shape index (κ2) is 6.29. The molecule has 2 N–H and O–H groups in total. The third-order valence-electron chi connectivity index (χ3n) is 3.94. The summed E-state index contributed by atoms with van der Waals surface area (Å²) in [4.78, 5) is 20.8. The Morgan fingerprint density at radius 3 is 2.91 bits per heavy atom. The molecule has 0 spiro atoms. The van der Waals surface area contributed by atoms with E-state index >= 15 is 0 Å². The van der Waals surface area contributed by atoms with Crippen LogP contribution in [0.15, 0.2) is 42.9 Å². The van der Waals surface area contributed by atoms with Crippen molar-refractivity contribution in [2.75, 3.05) is 13.2 Å². The molecule has 1 aliphatic heterocycles. The summed E-state index contributed by atoms with van der Waals surface area (Å²) in [7, 11) is 0. The van der Waals surface area contributed by atoms with Crippen LogP contribution in [-0.2, 0) is 9.53 Å². The van der Waals surface area contributed by atoms with E-state index in [1.54, 1.807) is 4.90 Å². The third kappa shape index (κ3) is 2.88. The number of aromatic nitrogens is 2. The van der Waals surface area contributed by atoms with Crippen LogP contribution in [0.3, 0.4) is 0 Å². The van der Waals surface area contributed by atoms with Crippen LogP contribution in [0.1, 0.15) is 30.4 Å². The maximum Gasteiger partial charge on any atom is 0.258 e. The van der Waals surface area contributed by atoms with Crippen molar-refractivity contribution in [3.63, 3.8) is 0 Å². The van der Waals surface area contributed by atoms with Crippen LogP contribution in [0.4, 0.5) is 0 Å². The molecule has 0 bridgehead atoms. The molecule has 3 atom stereocenters. The minimum absolute atomic E-state index is 0.0787. The molecule has 2 aromatic rings. The van der Waals surface area contributed by atoms with Crippen molar-refractivity contribution in [3.8, 4) is 0 Å². The number of aliphatic hydroxyl groups excluding tert-OH is 1. The Balaban J connectivity index is 1.75. The van der Waals surface area contributed by atoms with Crippen LogP contribution in [0.5, 0.6) is 0 Å². The van der Waals surface area contributed by atoms with Crippen molar-refractivity contribution >= 4 is 5.91 Å². The summed E-state index contributed by atoms with van der Waals surface area (Å²) in [6.45, 7) is 2.79. The molecule has 22 heavy (non-hydrogen) atoms. The summed E-state index contributed by atoms with van der Waals surface area (Å²) < 4.78 is 5.83. The van der Waals surface area contributed by atoms with Crippen molar-refractivity contribution in [2.45, 2.75) is 25.2 Å². The van der Waals surface area contributed by atoms with E-state index in [9.17, 15) is 9.90 Å². The van der Waals surface area contributed by atoms with Gasteiger partial charge in [-0.1, -0.05) is 30.3 Å². The van der Waals surface area contributed by atoms with Gasteiger partial charge in [0.1, 0.15) is 6.10 Å². The molecule has 0 aliphatic carbocycles. The fourth-order valence-corrected chi connectivity index (χ4v) is 2.64. The number of nitrogens with one attached hydrogen (secondary N) is 1. The molecule has 6 nitrogen and oxygen atoms in total. The lowest BCUT2D eigenvalue weighted by Crippen LogP contribution is -2.49. The number of amides is 1. The molecule has 1 aromatic heterocycles. The Hall–Kier alpha value is -2.18. The number of benzene rings is 1. The molecule has 0 saturated carbocycles. The quantitative estimate of drug-likeness (QED) is 0.899. The predicted octanol–water partition coefficient (Wildman–Crippen LogP) is 1.43. The number of aromatic amines is 1. The summed E-state index contributed by atoms with van der Waals surface area (Å²) in [5.74, 6) is -0.332. The molecule has 116 valence electrons. The Kier molecular flexibility index (Phi) is 4.22. The molecule has 1 saturated heterocycles. The fourth-order valence-electron chi connectivity index (χ4n) is 2.64. The van der Waals surface area contributed by atoms with Gasteiger partial charge in [0, 0.05) is 0 Å². The number of nitrogens with zero attached hydrogens (tertiary/aromatic N) is 2. The van der Waals surface area contributed by atoms with E-state index in [2.05, 4.69) is 9.97 Å². The first-order chi connectivity index (χ1) is 10.7. The summed E-state index contributed by atoms with van der Waals surface area (Å²) >= 11 is 0. The molecular formula is C16H19N3O3. The molecule has 1 fully saturated rings. The van der Waals surface area contributed by atoms with E-state index in [-0.39, 0.29) is 18.1 Å². The molecule has 3 rings (SSSR count). The minimum atomic E-state index is -1.22. The zero-order valence-electron chi connectivity index (χ0n) is 12.3. The van der Waals surface area contributed by atoms with Crippen molar-refractivity contribution in [1.29, 1.82) is 0 Å². The number of imidazole rings is 1. The smallest absolute Gasteiger partial charge is 0.258 e. The van der Waals surface area contributed by atoms with Gasteiger partial charge >= 0.3 is 0 Å². The van der Waals surface area contributed by atoms with Gasteiger partial charge in [0.05, 0.1) is 37.4 Å². The van der Waals surface area contributed by atoms with E-state index in [1.165, 1.54) is 12.5 Å². The number of ether oxygens (including phenoxy) is 1. The van der Waals surface area contributed by atoms with Crippen LogP contribution in [-0.4, -0.2) is 45.1 Å². The monoisotopic (exact) mass is 301 g/mol. The van der Waals surface area contributed by atoms with Crippen LogP contribution in [0.2, 0.25) is 0 Å². The van der Waals surface area contributed by atoms with E-state index in [0.717, 1.165) is 5.56 Å². The second-order valence-corrected chi connectivity index (χ2v) is 5.48. The highest BCUT2D eigenvalue weighted by atomic mass is 16.5. The highest BCUT2D eigenvalue weighted by molar-refractivity contribution is 5.82. The lowest BCUT2D eigenvalue weighted by molar-refractivity contribution is -0.153. The van der Waals surface area contributed by atoms with Gasteiger partial charge in [-0.3, -0.25) is 4.79 Å². The van der Waals surface area contributed by atoms with Crippen molar-refractivity contribution < 1.29 is 14.6 Å². The van der Waals surface area contributed by atoms with E-state index in [0.29, 0.717) is 18.8 Å². The van der Waals surface area contributed by atoms with Crippen LogP contribution >= 0.6 is 0 Å². The highest BCUT2D eigenvalue weighted by Crippen LogP contribution is 2.26. The molecular weight excluding hydrogens is 282 g/mol. The molecule has 6 heteroatoms. The molecule has 1 aromatic carbocycles. The van der Waals surface area contributed by atoms with Gasteiger partial charge in [-0.15, -0.1) is 0 Å². The molecule has 1 aliphatic rings. The summed E-state index contributed by atoms with van der Waals surface area (Å²) in [5.41, 5.74) is 1.43. The normalized spacial score (nSPS) is 23.3. The van der Waals surface area contributed by atoms with Crippen molar-refractivity contribution in [2.24, 2.45) is 0 Å². The summed E-state index contributed by atoms with van der Waals surface area (Å²) in [5, 5.41) is 10.2. The largest absolute Gasteiger partial charge is 0.377 e. The van der Waals surface area contributed by atoms with E-state index in [1.807, 2.05) is 37.3 Å². The van der Waals surface area contributed by atoms with Crippen molar-refractivity contribution in [1.82, 2.24) is 14.9 Å². The van der Waals surface area contributed by atoms with E-state index < -0.39 is 6.10 Å². The van der Waals surface area contributed by atoms with Gasteiger partial charge < -0.3 is 19.7 Å². The number of morpholine rings is 1. The Morgan fingerprint density at radius 2 is 2.23 bits per heavy atom. The van der Waals surface area contributed by atoms with E-state index in [4.69, 9.17) is 4.74 Å². The van der Waals surface area contributed by atoms with Gasteiger partial charge in [-0.25, -0.2) is 4.98 Å². The molecule has 3 unspecified atom stereocenters. The SMILES string of the molecule is CC1COC(c2ccccc2)CN1C(=O)C(O)c1cnc[nH]1. The topological polar surface area (TPSA) is 78.4 Å². The number of rotatable bonds is 3. The average molecular weight is 301 g/mol. The van der Waals surface area contributed by atoms with Crippen LogP contribution in [0, 0.1) is 0 Å². The minimum Gasteiger partial charge on any atom is -0.377 e. The van der Waals surface area contributed by atoms with Gasteiger partial charge in [0.15, 0.2) is 6.10 Å². The van der Waals surface area contributed by atoms with Crippen LogP contribution < -0.4 is 0 Å². The average Bonchev–Trinajstić information content (AvgIpc) is 3.09. The maximum atomic E-state index is 12.6. The first-order valence-electron chi connectivity index (χ1n) is 7.30. The number of hydrogen-bond donors (Lipinski definition) is 2. The Bertz CT molecular complexity index is 615. The van der Waals surface area contributed by atoms with Crippen molar-refractivity contribution in [3.05, 3.63) is 54.1 Å². The third-order valence-corrected chi connectivity index (χ3v) is 3.94. The number of carbonyl (C=O) groups is 1. The lowest BCUT2D eigenvalue weighted by atomic mass is 10.1. The van der Waals surface area contributed by atoms with Gasteiger partial charge in [-0.2, -0.15) is 0 Å². The number of H-pyrrole nitrogens is 1. The molecule has 0 radical (unpaired) electrons. The second-order valence-electron chi connectivity index (χ2n) is 5.48. The molecule has 1 amide bonds. The first kappa shape index (κ1) is 14.7. The molecule has 2 heterocycles.